The van der Waals surface area contributed by atoms with Crippen LogP contribution in [-0.2, 0) is 37.9 Å². The molecule has 0 unspecified atom stereocenters. The van der Waals surface area contributed by atoms with Gasteiger partial charge in [-0.25, -0.2) is 9.59 Å². The Bertz CT molecular complexity index is 2370. The van der Waals surface area contributed by atoms with Gasteiger partial charge in [0.05, 0.1) is 9.75 Å². The van der Waals surface area contributed by atoms with Gasteiger partial charge in [0.25, 0.3) is 0 Å². The maximum absolute atomic E-state index is 14.6. The lowest BCUT2D eigenvalue weighted by Gasteiger charge is -2.33. The van der Waals surface area contributed by atoms with Crippen molar-refractivity contribution in [3.63, 3.8) is 0 Å². The van der Waals surface area contributed by atoms with Gasteiger partial charge in [-0.1, -0.05) is 72.8 Å². The minimum absolute atomic E-state index is 0.0514. The van der Waals surface area contributed by atoms with E-state index in [9.17, 15) is 30.6 Å². The van der Waals surface area contributed by atoms with Gasteiger partial charge in [-0.3, -0.25) is 0 Å². The van der Waals surface area contributed by atoms with Crippen molar-refractivity contribution in [2.75, 3.05) is 0 Å². The Kier molecular flexibility index (Phi) is 10.4. The van der Waals surface area contributed by atoms with Crippen molar-refractivity contribution in [3.8, 4) is 39.8 Å². The quantitative estimate of drug-likeness (QED) is 0.0973. The van der Waals surface area contributed by atoms with Crippen molar-refractivity contribution in [1.82, 2.24) is 0 Å². The van der Waals surface area contributed by atoms with E-state index in [1.165, 1.54) is 22.7 Å². The highest BCUT2D eigenvalue weighted by Gasteiger charge is 2.59. The van der Waals surface area contributed by atoms with E-state index < -0.39 is 17.5 Å². The molecule has 2 aromatic heterocycles. The summed E-state index contributed by atoms with van der Waals surface area (Å²) in [6.45, 7) is -0.227. The van der Waals surface area contributed by atoms with Gasteiger partial charge in [0.2, 0.25) is 0 Å². The summed E-state index contributed by atoms with van der Waals surface area (Å²) in [6, 6.07) is 29.8. The Balaban J connectivity index is 1.39. The Morgan fingerprint density at radius 3 is 1.59 bits per heavy atom. The summed E-state index contributed by atoms with van der Waals surface area (Å²) in [5.74, 6) is -1.56. The van der Waals surface area contributed by atoms with Crippen molar-refractivity contribution in [2.24, 2.45) is 0 Å². The molecule has 4 aromatic rings. The smallest absolute Gasteiger partial charge is 0.367 e. The molecule has 3 heterocycles. The molecule has 0 atom stereocenters. The molecule has 0 bridgehead atoms. The SMILES string of the molecule is N#CC(C#N)=C1C=C(c2cc3c(s2)-c2sc(C4=CC(=C(C#N)C#N)CCC4)cc2C(C(=O)OCc2ccccc2)(C(=O)OCc2ccccc2)O3)CCC1. The van der Waals surface area contributed by atoms with Crippen LogP contribution in [0.15, 0.2) is 107 Å². The molecular formula is C43H30N4O5S2. The van der Waals surface area contributed by atoms with Crippen LogP contribution in [0, 0.1) is 45.3 Å². The lowest BCUT2D eigenvalue weighted by molar-refractivity contribution is -0.183. The molecule has 3 aliphatic rings. The molecule has 11 heteroatoms. The lowest BCUT2D eigenvalue weighted by Crippen LogP contribution is -2.52. The van der Waals surface area contributed by atoms with Gasteiger partial charge in [-0.15, -0.1) is 22.7 Å². The van der Waals surface area contributed by atoms with Crippen LogP contribution >= 0.6 is 22.7 Å². The third-order valence-electron chi connectivity index (χ3n) is 9.48. The summed E-state index contributed by atoms with van der Waals surface area (Å²) in [5, 5.41) is 38.3. The normalized spacial score (nSPS) is 15.3. The molecule has 0 saturated heterocycles. The van der Waals surface area contributed by atoms with Crippen LogP contribution in [0.2, 0.25) is 0 Å². The summed E-state index contributed by atoms with van der Waals surface area (Å²) in [6.07, 6.45) is 7.72. The molecule has 0 radical (unpaired) electrons. The predicted molar refractivity (Wildman–Crippen MR) is 203 cm³/mol. The highest BCUT2D eigenvalue weighted by molar-refractivity contribution is 7.23. The van der Waals surface area contributed by atoms with E-state index in [4.69, 9.17) is 14.2 Å². The zero-order chi connectivity index (χ0) is 37.7. The third kappa shape index (κ3) is 6.87. The second-order valence-corrected chi connectivity index (χ2v) is 15.0. The second-order valence-electron chi connectivity index (χ2n) is 12.9. The molecule has 0 N–H and O–H groups in total. The number of benzene rings is 2. The maximum Gasteiger partial charge on any atom is 0.367 e. The Hall–Kier alpha value is -6.50. The molecule has 0 saturated carbocycles. The van der Waals surface area contributed by atoms with Crippen LogP contribution in [-0.4, -0.2) is 11.9 Å². The molecule has 7 rings (SSSR count). The fourth-order valence-electron chi connectivity index (χ4n) is 6.77. The van der Waals surface area contributed by atoms with E-state index >= 15 is 0 Å². The average Bonchev–Trinajstić information content (AvgIpc) is 3.86. The number of rotatable bonds is 8. The van der Waals surface area contributed by atoms with Crippen LogP contribution in [0.4, 0.5) is 0 Å². The van der Waals surface area contributed by atoms with Crippen molar-refractivity contribution in [3.05, 3.63) is 134 Å². The number of nitriles is 4. The minimum atomic E-state index is -2.34. The number of hydrogen-bond acceptors (Lipinski definition) is 11. The Morgan fingerprint density at radius 1 is 0.648 bits per heavy atom. The maximum atomic E-state index is 14.6. The number of fused-ring (bicyclic) bond motifs is 3. The molecule has 0 fully saturated rings. The zero-order valence-electron chi connectivity index (χ0n) is 28.9. The second kappa shape index (κ2) is 15.6. The summed E-state index contributed by atoms with van der Waals surface area (Å²) in [4.78, 5) is 32.1. The minimum Gasteiger partial charge on any atom is -0.458 e. The van der Waals surface area contributed by atoms with E-state index in [0.29, 0.717) is 58.8 Å². The van der Waals surface area contributed by atoms with Gasteiger partial charge in [0.1, 0.15) is 54.4 Å². The summed E-state index contributed by atoms with van der Waals surface area (Å²) >= 11 is 2.84. The number of nitrogens with zero attached hydrogens (tertiary/aromatic N) is 4. The van der Waals surface area contributed by atoms with Crippen molar-refractivity contribution in [2.45, 2.75) is 57.3 Å². The lowest BCUT2D eigenvalue weighted by atomic mass is 9.88. The number of allylic oxidation sites excluding steroid dienone is 8. The first-order valence-electron chi connectivity index (χ1n) is 17.3. The number of ether oxygens (including phenoxy) is 3. The van der Waals surface area contributed by atoms with Gasteiger partial charge >= 0.3 is 17.5 Å². The number of carbonyl (C=O) groups is 2. The molecule has 264 valence electrons. The monoisotopic (exact) mass is 746 g/mol. The highest BCUT2D eigenvalue weighted by atomic mass is 32.1. The van der Waals surface area contributed by atoms with E-state index in [1.807, 2.05) is 97.1 Å². The van der Waals surface area contributed by atoms with E-state index in [1.54, 1.807) is 12.1 Å². The molecule has 0 spiro atoms. The van der Waals surface area contributed by atoms with Gasteiger partial charge in [-0.05, 0) is 84.1 Å². The van der Waals surface area contributed by atoms with Gasteiger partial charge in [0.15, 0.2) is 0 Å². The molecule has 0 amide bonds. The fraction of sp³-hybridized carbons (Fsp3) is 0.209. The van der Waals surface area contributed by atoms with Crippen molar-refractivity contribution < 1.29 is 23.8 Å². The van der Waals surface area contributed by atoms with Crippen LogP contribution in [0.25, 0.3) is 20.9 Å². The Labute approximate surface area is 320 Å². The predicted octanol–water partition coefficient (Wildman–Crippen LogP) is 9.37. The van der Waals surface area contributed by atoms with E-state index in [2.05, 4.69) is 0 Å². The Morgan fingerprint density at radius 2 is 1.11 bits per heavy atom. The van der Waals surface area contributed by atoms with Crippen LogP contribution in [0.1, 0.15) is 65.0 Å². The number of esters is 2. The summed E-state index contributed by atoms with van der Waals surface area (Å²) in [7, 11) is 0. The molecule has 2 aliphatic carbocycles. The zero-order valence-corrected chi connectivity index (χ0v) is 30.5. The first kappa shape index (κ1) is 35.9. The third-order valence-corrected chi connectivity index (χ3v) is 12.0. The van der Waals surface area contributed by atoms with Crippen molar-refractivity contribution in [1.29, 1.82) is 21.0 Å². The van der Waals surface area contributed by atoms with Crippen LogP contribution < -0.4 is 4.74 Å². The summed E-state index contributed by atoms with van der Waals surface area (Å²) < 4.78 is 18.5. The largest absolute Gasteiger partial charge is 0.458 e. The van der Waals surface area contributed by atoms with Crippen LogP contribution in [0.5, 0.6) is 5.75 Å². The highest BCUT2D eigenvalue weighted by Crippen LogP contribution is 2.56. The van der Waals surface area contributed by atoms with Gasteiger partial charge < -0.3 is 14.2 Å². The van der Waals surface area contributed by atoms with E-state index in [0.717, 1.165) is 38.4 Å². The fourth-order valence-corrected chi connectivity index (χ4v) is 9.30. The first-order valence-corrected chi connectivity index (χ1v) is 18.9. The standard InChI is InChI=1S/C43H30N4O5S2/c44-21-33(22-45)29-13-7-15-31(17-29)37-19-35-39(53-37)40-36(20-38(54-40)32-16-8-14-30(18-32)34(23-46)24-47)52-43(35,41(48)50-25-27-9-3-1-4-10-27)42(49)51-26-28-11-5-2-6-12-28/h1-6,9-12,17-20H,7-8,13-16,25-26H2. The number of thiophene rings is 2. The first-order chi connectivity index (χ1) is 26.4. The van der Waals surface area contributed by atoms with Gasteiger partial charge in [-0.2, -0.15) is 21.0 Å². The summed E-state index contributed by atoms with van der Waals surface area (Å²) in [5.41, 5.74) is 2.60. The van der Waals surface area contributed by atoms with Crippen LogP contribution in [0.3, 0.4) is 0 Å². The van der Waals surface area contributed by atoms with Gasteiger partial charge in [0, 0.05) is 15.3 Å². The topological polar surface area (TPSA) is 157 Å². The molecule has 54 heavy (non-hydrogen) atoms. The van der Waals surface area contributed by atoms with Crippen molar-refractivity contribution >= 4 is 45.8 Å². The molecule has 2 aromatic carbocycles. The number of carbonyl (C=O) groups excluding carboxylic acids is 2. The molecule has 9 nitrogen and oxygen atoms in total. The molecule has 1 aliphatic heterocycles. The average molecular weight is 747 g/mol. The van der Waals surface area contributed by atoms with E-state index in [-0.39, 0.29) is 29.9 Å². The number of hydrogen-bond donors (Lipinski definition) is 0. The molecular weight excluding hydrogens is 717 g/mol.